The maximum absolute atomic E-state index is 13.2. The van der Waals surface area contributed by atoms with Crippen molar-refractivity contribution < 1.29 is 34.4 Å². The fraction of sp³-hybridized carbons (Fsp3) is 0.412. The predicted octanol–water partition coefficient (Wildman–Crippen LogP) is 3.07. The third-order valence-electron chi connectivity index (χ3n) is 4.64. The van der Waals surface area contributed by atoms with Gasteiger partial charge in [0.05, 0.1) is 22.0 Å². The van der Waals surface area contributed by atoms with Gasteiger partial charge in [0.2, 0.25) is 10.0 Å². The highest BCUT2D eigenvalue weighted by molar-refractivity contribution is 7.91. The van der Waals surface area contributed by atoms with Crippen LogP contribution < -0.4 is 0 Å². The second kappa shape index (κ2) is 7.53. The van der Waals surface area contributed by atoms with Crippen molar-refractivity contribution in [3.05, 3.63) is 54.0 Å². The van der Waals surface area contributed by atoms with E-state index < -0.39 is 41.7 Å². The van der Waals surface area contributed by atoms with E-state index >= 15 is 0 Å². The van der Waals surface area contributed by atoms with E-state index in [0.29, 0.717) is 6.07 Å². The number of nitrogens with zero attached hydrogens (tertiary/aromatic N) is 1. The number of sulfone groups is 1. The molecule has 1 aromatic heterocycles. The van der Waals surface area contributed by atoms with Crippen molar-refractivity contribution in [2.24, 2.45) is 0 Å². The van der Waals surface area contributed by atoms with Gasteiger partial charge < -0.3 is 4.42 Å². The van der Waals surface area contributed by atoms with Gasteiger partial charge in [0.1, 0.15) is 11.5 Å². The third kappa shape index (κ3) is 4.26. The van der Waals surface area contributed by atoms with Gasteiger partial charge in [0, 0.05) is 13.1 Å². The number of hydrogen-bond acceptors (Lipinski definition) is 5. The number of rotatable bonds is 5. The Morgan fingerprint density at radius 3 is 2.21 bits per heavy atom. The molecule has 2 heterocycles. The Morgan fingerprint density at radius 1 is 1.00 bits per heavy atom. The Kier molecular flexibility index (Phi) is 5.61. The summed E-state index contributed by atoms with van der Waals surface area (Å²) in [4.78, 5) is -0.820. The minimum Gasteiger partial charge on any atom is -0.468 e. The summed E-state index contributed by atoms with van der Waals surface area (Å²) in [5.41, 5.74) is -1.23. The smallest absolute Gasteiger partial charge is 0.417 e. The monoisotopic (exact) mass is 437 g/mol. The van der Waals surface area contributed by atoms with Crippen molar-refractivity contribution in [3.63, 3.8) is 0 Å². The van der Waals surface area contributed by atoms with Crippen molar-refractivity contribution in [2.45, 2.75) is 34.9 Å². The average Bonchev–Trinajstić information content (AvgIpc) is 3.13. The molecule has 1 fully saturated rings. The van der Waals surface area contributed by atoms with E-state index in [1.165, 1.54) is 18.4 Å². The first-order chi connectivity index (χ1) is 13.0. The number of sulfonamides is 1. The minimum absolute atomic E-state index is 0.0104. The molecule has 0 amide bonds. The second-order valence-electron chi connectivity index (χ2n) is 6.48. The fourth-order valence-electron chi connectivity index (χ4n) is 3.21. The molecule has 0 atom stereocenters. The van der Waals surface area contributed by atoms with Crippen LogP contribution in [0.1, 0.15) is 24.2 Å². The van der Waals surface area contributed by atoms with Crippen LogP contribution in [0.15, 0.2) is 52.0 Å². The largest absolute Gasteiger partial charge is 0.468 e. The van der Waals surface area contributed by atoms with Crippen molar-refractivity contribution >= 4 is 19.9 Å². The maximum Gasteiger partial charge on any atom is 0.417 e. The van der Waals surface area contributed by atoms with Gasteiger partial charge >= 0.3 is 6.18 Å². The summed E-state index contributed by atoms with van der Waals surface area (Å²) >= 11 is 0. The molecule has 0 spiro atoms. The Hall–Kier alpha value is -1.85. The van der Waals surface area contributed by atoms with Crippen LogP contribution in [0.25, 0.3) is 0 Å². The lowest BCUT2D eigenvalue weighted by Crippen LogP contribution is -2.43. The SMILES string of the molecule is O=S(=O)(Cc1ccco1)C1CCN(S(=O)(=O)c2ccccc2C(F)(F)F)CC1. The summed E-state index contributed by atoms with van der Waals surface area (Å²) < 4.78 is 95.9. The molecular formula is C17H18F3NO5S2. The topological polar surface area (TPSA) is 84.7 Å². The molecule has 3 rings (SSSR count). The maximum atomic E-state index is 13.2. The normalized spacial score (nSPS) is 17.7. The fourth-order valence-corrected chi connectivity index (χ4v) is 6.61. The van der Waals surface area contributed by atoms with Crippen molar-refractivity contribution in [2.75, 3.05) is 13.1 Å². The summed E-state index contributed by atoms with van der Waals surface area (Å²) in [6.07, 6.45) is -3.43. The molecule has 0 radical (unpaired) electrons. The standard InChI is InChI=1S/C17H18F3NO5S2/c18-17(19,20)15-5-1-2-6-16(15)28(24,25)21-9-7-14(8-10-21)27(22,23)12-13-4-3-11-26-13/h1-6,11,14H,7-10,12H2. The Bertz CT molecular complexity index is 1020. The lowest BCUT2D eigenvalue weighted by Gasteiger charge is -2.31. The number of piperidine rings is 1. The van der Waals surface area contributed by atoms with Gasteiger partial charge in [-0.05, 0) is 37.1 Å². The zero-order chi connectivity index (χ0) is 20.6. The van der Waals surface area contributed by atoms with E-state index in [9.17, 15) is 30.0 Å². The average molecular weight is 437 g/mol. The van der Waals surface area contributed by atoms with Crippen molar-refractivity contribution in [1.29, 1.82) is 0 Å². The van der Waals surface area contributed by atoms with Gasteiger partial charge in [0.25, 0.3) is 0 Å². The first-order valence-corrected chi connectivity index (χ1v) is 11.6. The van der Waals surface area contributed by atoms with E-state index in [1.54, 1.807) is 6.07 Å². The lowest BCUT2D eigenvalue weighted by atomic mass is 10.2. The molecule has 0 aliphatic carbocycles. The minimum atomic E-state index is -4.81. The van der Waals surface area contributed by atoms with E-state index in [-0.39, 0.29) is 37.4 Å². The van der Waals surface area contributed by atoms with Gasteiger partial charge in [-0.2, -0.15) is 17.5 Å². The van der Waals surface area contributed by atoms with Crippen LogP contribution in [0.2, 0.25) is 0 Å². The van der Waals surface area contributed by atoms with Crippen LogP contribution in [0.3, 0.4) is 0 Å². The number of furan rings is 1. The molecule has 6 nitrogen and oxygen atoms in total. The number of alkyl halides is 3. The highest BCUT2D eigenvalue weighted by Crippen LogP contribution is 2.36. The summed E-state index contributed by atoms with van der Waals surface area (Å²) in [5.74, 6) is -0.0110. The Labute approximate surface area is 160 Å². The summed E-state index contributed by atoms with van der Waals surface area (Å²) in [6, 6.07) is 7.08. The van der Waals surface area contributed by atoms with E-state index in [4.69, 9.17) is 4.42 Å². The van der Waals surface area contributed by atoms with Crippen LogP contribution in [0, 0.1) is 0 Å². The molecule has 2 aromatic rings. The van der Waals surface area contributed by atoms with Crippen molar-refractivity contribution in [1.82, 2.24) is 4.31 Å². The molecule has 0 N–H and O–H groups in total. The number of hydrogen-bond donors (Lipinski definition) is 0. The zero-order valence-electron chi connectivity index (χ0n) is 14.6. The van der Waals surface area contributed by atoms with Crippen LogP contribution in [-0.2, 0) is 31.8 Å². The molecule has 0 unspecified atom stereocenters. The first-order valence-electron chi connectivity index (χ1n) is 8.42. The molecule has 1 aliphatic heterocycles. The lowest BCUT2D eigenvalue weighted by molar-refractivity contribution is -0.139. The number of benzene rings is 1. The van der Waals surface area contributed by atoms with Gasteiger partial charge in [0.15, 0.2) is 9.84 Å². The van der Waals surface area contributed by atoms with Gasteiger partial charge in [-0.1, -0.05) is 12.1 Å². The predicted molar refractivity (Wildman–Crippen MR) is 94.6 cm³/mol. The third-order valence-corrected chi connectivity index (χ3v) is 8.77. The molecule has 0 bridgehead atoms. The Morgan fingerprint density at radius 2 is 1.64 bits per heavy atom. The molecule has 0 saturated carbocycles. The summed E-state index contributed by atoms with van der Waals surface area (Å²) in [5, 5.41) is -0.776. The van der Waals surface area contributed by atoms with Gasteiger partial charge in [-0.25, -0.2) is 16.8 Å². The summed E-state index contributed by atoms with van der Waals surface area (Å²) in [7, 11) is -7.96. The van der Waals surface area contributed by atoms with Crippen molar-refractivity contribution in [3.8, 4) is 0 Å². The quantitative estimate of drug-likeness (QED) is 0.718. The molecule has 154 valence electrons. The van der Waals surface area contributed by atoms with Crippen LogP contribution >= 0.6 is 0 Å². The van der Waals surface area contributed by atoms with Crippen LogP contribution in [0.5, 0.6) is 0 Å². The van der Waals surface area contributed by atoms with Crippen LogP contribution in [-0.4, -0.2) is 39.5 Å². The van der Waals surface area contributed by atoms with Gasteiger partial charge in [-0.3, -0.25) is 0 Å². The van der Waals surface area contributed by atoms with E-state index in [1.807, 2.05) is 0 Å². The van der Waals surface area contributed by atoms with Crippen LogP contribution in [0.4, 0.5) is 13.2 Å². The molecule has 1 saturated heterocycles. The van der Waals surface area contributed by atoms with E-state index in [0.717, 1.165) is 16.4 Å². The summed E-state index contributed by atoms with van der Waals surface area (Å²) in [6.45, 7) is -0.340. The Balaban J connectivity index is 1.76. The second-order valence-corrected chi connectivity index (χ2v) is 10.7. The highest BCUT2D eigenvalue weighted by Gasteiger charge is 2.41. The molecule has 11 heteroatoms. The first kappa shape index (κ1) is 20.9. The molecule has 28 heavy (non-hydrogen) atoms. The molecule has 1 aromatic carbocycles. The zero-order valence-corrected chi connectivity index (χ0v) is 16.2. The van der Waals surface area contributed by atoms with E-state index in [2.05, 4.69) is 0 Å². The highest BCUT2D eigenvalue weighted by atomic mass is 32.2. The van der Waals surface area contributed by atoms with Gasteiger partial charge in [-0.15, -0.1) is 0 Å². The molecule has 1 aliphatic rings. The number of halogens is 3. The molecular weight excluding hydrogens is 419 g/mol.